The molecule has 0 aliphatic heterocycles. The fourth-order valence-electron chi connectivity index (χ4n) is 1.52. The molecule has 2 nitrogen and oxygen atoms in total. The van der Waals surface area contributed by atoms with Crippen LogP contribution in [0.2, 0.25) is 0 Å². The van der Waals surface area contributed by atoms with Gasteiger partial charge in [0.15, 0.2) is 0 Å². The van der Waals surface area contributed by atoms with Crippen LogP contribution in [0.4, 0.5) is 5.69 Å². The second-order valence-electron chi connectivity index (χ2n) is 3.97. The van der Waals surface area contributed by atoms with Crippen LogP contribution in [0, 0.1) is 0 Å². The summed E-state index contributed by atoms with van der Waals surface area (Å²) in [4.78, 5) is 12.2. The topological polar surface area (TPSA) is 20.3 Å². The summed E-state index contributed by atoms with van der Waals surface area (Å²) in [6.07, 6.45) is 4.85. The number of carbonyl (C=O) groups excluding carboxylic acids is 1. The van der Waals surface area contributed by atoms with E-state index in [4.69, 9.17) is 0 Å². The van der Waals surface area contributed by atoms with Crippen LogP contribution in [-0.4, -0.2) is 20.4 Å². The lowest BCUT2D eigenvalue weighted by Gasteiger charge is -2.12. The van der Waals surface area contributed by atoms with E-state index in [1.807, 2.05) is 14.1 Å². The third-order valence-electron chi connectivity index (χ3n) is 2.49. The van der Waals surface area contributed by atoms with Crippen molar-refractivity contribution < 1.29 is 4.79 Å². The van der Waals surface area contributed by atoms with Crippen molar-refractivity contribution in [1.29, 1.82) is 0 Å². The summed E-state index contributed by atoms with van der Waals surface area (Å²) in [5, 5.41) is 0. The van der Waals surface area contributed by atoms with Crippen molar-refractivity contribution in [3.8, 4) is 0 Å². The van der Waals surface area contributed by atoms with Crippen molar-refractivity contribution in [2.45, 2.75) is 25.7 Å². The molecule has 2 heteroatoms. The molecule has 0 amide bonds. The first-order valence-corrected chi connectivity index (χ1v) is 5.44. The third-order valence-corrected chi connectivity index (χ3v) is 2.49. The molecule has 0 unspecified atom stereocenters. The second kappa shape index (κ2) is 6.23. The molecule has 15 heavy (non-hydrogen) atoms. The molecule has 0 saturated heterocycles. The molecule has 0 bridgehead atoms. The molecule has 1 aromatic rings. The first-order chi connectivity index (χ1) is 7.24. The minimum atomic E-state index is 0.690. The van der Waals surface area contributed by atoms with Gasteiger partial charge in [0.25, 0.3) is 0 Å². The van der Waals surface area contributed by atoms with Crippen LogP contribution in [0.3, 0.4) is 0 Å². The molecule has 0 saturated carbocycles. The number of rotatable bonds is 6. The van der Waals surface area contributed by atoms with Crippen LogP contribution in [-0.2, 0) is 11.2 Å². The molecule has 0 heterocycles. The minimum absolute atomic E-state index is 0.690. The molecular formula is C13H19NO. The van der Waals surface area contributed by atoms with Gasteiger partial charge in [0.1, 0.15) is 6.29 Å². The van der Waals surface area contributed by atoms with Crippen molar-refractivity contribution >= 4 is 12.0 Å². The summed E-state index contributed by atoms with van der Waals surface area (Å²) in [5.41, 5.74) is 2.58. The van der Waals surface area contributed by atoms with Gasteiger partial charge in [-0.1, -0.05) is 12.1 Å². The number of aryl methyl sites for hydroxylation is 1. The molecule has 0 spiro atoms. The Morgan fingerprint density at radius 1 is 1.13 bits per heavy atom. The van der Waals surface area contributed by atoms with Gasteiger partial charge in [-0.05, 0) is 37.0 Å². The maximum atomic E-state index is 10.1. The summed E-state index contributed by atoms with van der Waals surface area (Å²) in [6.45, 7) is 0. The van der Waals surface area contributed by atoms with Gasteiger partial charge in [-0.15, -0.1) is 0 Å². The minimum Gasteiger partial charge on any atom is -0.378 e. The molecule has 0 aliphatic carbocycles. The number of benzene rings is 1. The van der Waals surface area contributed by atoms with Crippen molar-refractivity contribution in [3.05, 3.63) is 29.8 Å². The number of carbonyl (C=O) groups is 1. The number of anilines is 1. The van der Waals surface area contributed by atoms with Gasteiger partial charge in [-0.2, -0.15) is 0 Å². The van der Waals surface area contributed by atoms with E-state index in [0.29, 0.717) is 6.42 Å². The monoisotopic (exact) mass is 205 g/mol. The third kappa shape index (κ3) is 4.15. The second-order valence-corrected chi connectivity index (χ2v) is 3.97. The Bertz CT molecular complexity index is 290. The largest absolute Gasteiger partial charge is 0.378 e. The molecule has 0 N–H and O–H groups in total. The summed E-state index contributed by atoms with van der Waals surface area (Å²) in [6, 6.07) is 8.59. The maximum Gasteiger partial charge on any atom is 0.119 e. The smallest absolute Gasteiger partial charge is 0.119 e. The molecule has 0 fully saturated rings. The number of unbranched alkanes of at least 4 members (excludes halogenated alkanes) is 2. The first kappa shape index (κ1) is 11.8. The summed E-state index contributed by atoms with van der Waals surface area (Å²) < 4.78 is 0. The fourth-order valence-corrected chi connectivity index (χ4v) is 1.52. The van der Waals surface area contributed by atoms with Crippen LogP contribution >= 0.6 is 0 Å². The number of nitrogens with zero attached hydrogens (tertiary/aromatic N) is 1. The van der Waals surface area contributed by atoms with Crippen molar-refractivity contribution in [2.24, 2.45) is 0 Å². The predicted molar refractivity (Wildman–Crippen MR) is 64.4 cm³/mol. The zero-order valence-corrected chi connectivity index (χ0v) is 9.57. The summed E-state index contributed by atoms with van der Waals surface area (Å²) >= 11 is 0. The lowest BCUT2D eigenvalue weighted by molar-refractivity contribution is -0.107. The van der Waals surface area contributed by atoms with Crippen LogP contribution in [0.25, 0.3) is 0 Å². The normalized spacial score (nSPS) is 10.0. The van der Waals surface area contributed by atoms with Gasteiger partial charge in [0, 0.05) is 26.2 Å². The SMILES string of the molecule is CN(C)c1ccc(CCCCC=O)cc1. The number of aldehydes is 1. The highest BCUT2D eigenvalue weighted by molar-refractivity contribution is 5.49. The Labute approximate surface area is 91.9 Å². The zero-order valence-electron chi connectivity index (χ0n) is 9.57. The van der Waals surface area contributed by atoms with Crippen molar-refractivity contribution in [3.63, 3.8) is 0 Å². The average Bonchev–Trinajstić information content (AvgIpc) is 2.25. The Kier molecular flexibility index (Phi) is 4.88. The molecular weight excluding hydrogens is 186 g/mol. The predicted octanol–water partition coefficient (Wildman–Crippen LogP) is 2.66. The van der Waals surface area contributed by atoms with Gasteiger partial charge in [0.05, 0.1) is 0 Å². The highest BCUT2D eigenvalue weighted by Gasteiger charge is 1.96. The molecule has 0 radical (unpaired) electrons. The van der Waals surface area contributed by atoms with E-state index < -0.39 is 0 Å². The van der Waals surface area contributed by atoms with E-state index in [1.165, 1.54) is 11.3 Å². The quantitative estimate of drug-likeness (QED) is 0.525. The van der Waals surface area contributed by atoms with Gasteiger partial charge < -0.3 is 9.69 Å². The van der Waals surface area contributed by atoms with Gasteiger partial charge in [-0.25, -0.2) is 0 Å². The van der Waals surface area contributed by atoms with Crippen LogP contribution in [0.5, 0.6) is 0 Å². The summed E-state index contributed by atoms with van der Waals surface area (Å²) in [7, 11) is 4.08. The van der Waals surface area contributed by atoms with E-state index in [-0.39, 0.29) is 0 Å². The highest BCUT2D eigenvalue weighted by atomic mass is 16.1. The highest BCUT2D eigenvalue weighted by Crippen LogP contribution is 2.13. The first-order valence-electron chi connectivity index (χ1n) is 5.44. The van der Waals surface area contributed by atoms with E-state index in [2.05, 4.69) is 29.2 Å². The van der Waals surface area contributed by atoms with Gasteiger partial charge in [0.2, 0.25) is 0 Å². The molecule has 0 atom stereocenters. The Hall–Kier alpha value is -1.31. The molecule has 1 aromatic carbocycles. The molecule has 1 rings (SSSR count). The molecule has 0 aliphatic rings. The number of hydrogen-bond acceptors (Lipinski definition) is 2. The van der Waals surface area contributed by atoms with Gasteiger partial charge >= 0.3 is 0 Å². The number of hydrogen-bond donors (Lipinski definition) is 0. The lowest BCUT2D eigenvalue weighted by atomic mass is 10.1. The van der Waals surface area contributed by atoms with Gasteiger partial charge in [-0.3, -0.25) is 0 Å². The van der Waals surface area contributed by atoms with E-state index in [0.717, 1.165) is 25.5 Å². The molecule has 0 aromatic heterocycles. The van der Waals surface area contributed by atoms with Crippen LogP contribution in [0.15, 0.2) is 24.3 Å². The summed E-state index contributed by atoms with van der Waals surface area (Å²) in [5.74, 6) is 0. The van der Waals surface area contributed by atoms with E-state index in [1.54, 1.807) is 0 Å². The molecule has 82 valence electrons. The van der Waals surface area contributed by atoms with Crippen molar-refractivity contribution in [1.82, 2.24) is 0 Å². The lowest BCUT2D eigenvalue weighted by Crippen LogP contribution is -2.08. The van der Waals surface area contributed by atoms with E-state index in [9.17, 15) is 4.79 Å². The van der Waals surface area contributed by atoms with Crippen molar-refractivity contribution in [2.75, 3.05) is 19.0 Å². The zero-order chi connectivity index (χ0) is 11.1. The Morgan fingerprint density at radius 3 is 2.33 bits per heavy atom. The standard InChI is InChI=1S/C13H19NO/c1-14(2)13-9-7-12(8-10-13)6-4-3-5-11-15/h7-11H,3-6H2,1-2H3. The average molecular weight is 205 g/mol. The van der Waals surface area contributed by atoms with E-state index >= 15 is 0 Å². The maximum absolute atomic E-state index is 10.1. The Balaban J connectivity index is 2.39. The Morgan fingerprint density at radius 2 is 1.80 bits per heavy atom. The van der Waals surface area contributed by atoms with Crippen LogP contribution in [0.1, 0.15) is 24.8 Å². The van der Waals surface area contributed by atoms with Crippen LogP contribution < -0.4 is 4.90 Å². The fraction of sp³-hybridized carbons (Fsp3) is 0.462.